The van der Waals surface area contributed by atoms with Crippen molar-refractivity contribution in [3.05, 3.63) is 309 Å². The Bertz CT molecular complexity index is 5720. The molecule has 18 rings (SSSR count). The molecule has 7 heteroatoms. The van der Waals surface area contributed by atoms with E-state index in [0.717, 1.165) is 83.7 Å². The zero-order chi connectivity index (χ0) is 57.8. The molecule has 0 bridgehead atoms. The van der Waals surface area contributed by atoms with Crippen LogP contribution in [-0.2, 0) is 0 Å². The van der Waals surface area contributed by atoms with Crippen LogP contribution in [0.5, 0.6) is 0 Å². The second kappa shape index (κ2) is 19.8. The van der Waals surface area contributed by atoms with Crippen LogP contribution in [0.25, 0.3) is 166 Å². The Morgan fingerprint density at radius 2 is 0.500 bits per heavy atom. The maximum Gasteiger partial charge on any atom is 0.164 e. The molecule has 0 amide bonds. The van der Waals surface area contributed by atoms with Crippen molar-refractivity contribution in [3.63, 3.8) is 0 Å². The first kappa shape index (κ1) is 49.5. The van der Waals surface area contributed by atoms with Gasteiger partial charge in [-0.15, -0.1) is 0 Å². The topological polar surface area (TPSA) is 58.4 Å². The van der Waals surface area contributed by atoms with Gasteiger partial charge < -0.3 is 18.3 Å². The van der Waals surface area contributed by atoms with Crippen LogP contribution < -0.4 is 0 Å². The van der Waals surface area contributed by atoms with E-state index in [-0.39, 0.29) is 0 Å². The van der Waals surface area contributed by atoms with E-state index in [0.29, 0.717) is 17.5 Å². The van der Waals surface area contributed by atoms with Gasteiger partial charge in [0.1, 0.15) is 0 Å². The molecule has 410 valence electrons. The molecule has 13 aromatic carbocycles. The Morgan fingerprint density at radius 3 is 0.977 bits per heavy atom. The average molecular weight is 1120 g/mol. The molecule has 0 aliphatic heterocycles. The quantitative estimate of drug-likeness (QED) is 0.145. The second-order valence-corrected chi connectivity index (χ2v) is 22.7. The van der Waals surface area contributed by atoms with Crippen molar-refractivity contribution in [2.45, 2.75) is 0 Å². The summed E-state index contributed by atoms with van der Waals surface area (Å²) >= 11 is 0. The van der Waals surface area contributed by atoms with Crippen LogP contribution in [-0.4, -0.2) is 33.2 Å². The van der Waals surface area contributed by atoms with Gasteiger partial charge in [0, 0.05) is 82.4 Å². The molecule has 0 saturated heterocycles. The molecule has 0 unspecified atom stereocenters. The third-order valence-corrected chi connectivity index (χ3v) is 17.8. The van der Waals surface area contributed by atoms with Crippen LogP contribution in [0.3, 0.4) is 0 Å². The van der Waals surface area contributed by atoms with Gasteiger partial charge >= 0.3 is 0 Å². The fraction of sp³-hybridized carbons (Fsp3) is 0. The molecule has 7 nitrogen and oxygen atoms in total. The van der Waals surface area contributed by atoms with Crippen molar-refractivity contribution < 1.29 is 0 Å². The van der Waals surface area contributed by atoms with Crippen molar-refractivity contribution in [2.75, 3.05) is 0 Å². The summed E-state index contributed by atoms with van der Waals surface area (Å²) in [7, 11) is 0. The molecular weight excluding hydrogens is 1070 g/mol. The summed E-state index contributed by atoms with van der Waals surface area (Å²) in [6, 6.07) is 111. The predicted molar refractivity (Wildman–Crippen MR) is 364 cm³/mol. The fourth-order valence-electron chi connectivity index (χ4n) is 13.9. The standard InChI is InChI=1S/C81H51N7/c1-3-21-52(22-4-1)79-82-80(56-24-20-28-60(48-56)86-70-35-13-7-29-62(70)63-30-8-14-36-71(63)86)84-81(83-79)57-41-44-61(78(51-57)88-74-39-17-9-31-64(74)65-32-10-18-40-75(65)88)55-23-19-27-59(47-55)87-73-38-16-12-34-67(73)69-50-54(43-46-77(69)87)53-42-45-76-68(49-53)66-33-11-15-37-72(66)85(76)58-25-5-2-6-26-58/h1-51H. The van der Waals surface area contributed by atoms with Gasteiger partial charge in [0.2, 0.25) is 0 Å². The molecule has 0 aliphatic rings. The van der Waals surface area contributed by atoms with E-state index in [2.05, 4.69) is 309 Å². The normalized spacial score (nSPS) is 11.9. The number of hydrogen-bond donors (Lipinski definition) is 0. The Hall–Kier alpha value is -11.9. The molecular formula is C81H51N7. The zero-order valence-electron chi connectivity index (χ0n) is 47.6. The maximum absolute atomic E-state index is 5.42. The Kier molecular flexibility index (Phi) is 11.2. The summed E-state index contributed by atoms with van der Waals surface area (Å²) in [5.74, 6) is 1.77. The van der Waals surface area contributed by atoms with Gasteiger partial charge in [-0.05, 0) is 120 Å². The Labute approximate surface area is 506 Å². The van der Waals surface area contributed by atoms with Crippen molar-refractivity contribution in [1.82, 2.24) is 33.2 Å². The van der Waals surface area contributed by atoms with Gasteiger partial charge in [-0.25, -0.2) is 15.0 Å². The van der Waals surface area contributed by atoms with Gasteiger partial charge in [0.15, 0.2) is 17.5 Å². The summed E-state index contributed by atoms with van der Waals surface area (Å²) in [4.78, 5) is 16.0. The van der Waals surface area contributed by atoms with Crippen LogP contribution in [0.15, 0.2) is 309 Å². The van der Waals surface area contributed by atoms with E-state index in [1.807, 2.05) is 18.2 Å². The van der Waals surface area contributed by atoms with Gasteiger partial charge in [0.25, 0.3) is 0 Å². The first-order valence-electron chi connectivity index (χ1n) is 29.9. The summed E-state index contributed by atoms with van der Waals surface area (Å²) in [6.07, 6.45) is 0. The van der Waals surface area contributed by atoms with E-state index < -0.39 is 0 Å². The van der Waals surface area contributed by atoms with E-state index in [1.165, 1.54) is 65.3 Å². The number of hydrogen-bond acceptors (Lipinski definition) is 3. The molecule has 5 aromatic heterocycles. The van der Waals surface area contributed by atoms with Crippen molar-refractivity contribution in [3.8, 4) is 79.2 Å². The third kappa shape index (κ3) is 7.81. The van der Waals surface area contributed by atoms with Gasteiger partial charge in [-0.3, -0.25) is 0 Å². The van der Waals surface area contributed by atoms with Crippen molar-refractivity contribution in [2.24, 2.45) is 0 Å². The van der Waals surface area contributed by atoms with Crippen LogP contribution in [0.1, 0.15) is 0 Å². The molecule has 0 spiro atoms. The molecule has 5 heterocycles. The molecule has 88 heavy (non-hydrogen) atoms. The van der Waals surface area contributed by atoms with E-state index in [9.17, 15) is 0 Å². The monoisotopic (exact) mass is 1120 g/mol. The van der Waals surface area contributed by atoms with Crippen molar-refractivity contribution >= 4 is 87.2 Å². The van der Waals surface area contributed by atoms with Gasteiger partial charge in [-0.2, -0.15) is 0 Å². The summed E-state index contributed by atoms with van der Waals surface area (Å²) in [6.45, 7) is 0. The predicted octanol–water partition coefficient (Wildman–Crippen LogP) is 20.6. The third-order valence-electron chi connectivity index (χ3n) is 17.8. The summed E-state index contributed by atoms with van der Waals surface area (Å²) in [5.41, 5.74) is 20.6. The molecule has 0 saturated carbocycles. The number of aromatic nitrogens is 7. The SMILES string of the molecule is c1ccc(-c2nc(-c3cccc(-n4c5ccccc5c5ccccc54)c3)nc(-c3ccc(-c4cccc(-n5c6ccccc6c6cc(-c7ccc8c(c7)c7ccccc7n8-c7ccccc7)ccc65)c4)c(-n4c5ccccc5c5ccccc54)c3)n2)cc1. The van der Waals surface area contributed by atoms with Crippen molar-refractivity contribution in [1.29, 1.82) is 0 Å². The van der Waals surface area contributed by atoms with E-state index >= 15 is 0 Å². The highest BCUT2D eigenvalue weighted by Gasteiger charge is 2.22. The van der Waals surface area contributed by atoms with Crippen LogP contribution in [0.4, 0.5) is 0 Å². The number of para-hydroxylation sites is 7. The number of rotatable bonds is 9. The average Bonchev–Trinajstić information content (AvgIpc) is 2.32. The smallest absolute Gasteiger partial charge is 0.164 e. The fourth-order valence-corrected chi connectivity index (χ4v) is 13.9. The van der Waals surface area contributed by atoms with E-state index in [1.54, 1.807) is 0 Å². The lowest BCUT2D eigenvalue weighted by Gasteiger charge is -2.17. The number of benzene rings is 13. The minimum Gasteiger partial charge on any atom is -0.309 e. The second-order valence-electron chi connectivity index (χ2n) is 22.7. The zero-order valence-corrected chi connectivity index (χ0v) is 47.6. The Morgan fingerprint density at radius 1 is 0.182 bits per heavy atom. The highest BCUT2D eigenvalue weighted by molar-refractivity contribution is 6.14. The minimum absolute atomic E-state index is 0.581. The van der Waals surface area contributed by atoms with E-state index in [4.69, 9.17) is 15.0 Å². The van der Waals surface area contributed by atoms with Crippen LogP contribution in [0.2, 0.25) is 0 Å². The highest BCUT2D eigenvalue weighted by Crippen LogP contribution is 2.43. The molecule has 0 atom stereocenters. The Balaban J connectivity index is 0.795. The molecule has 18 aromatic rings. The lowest BCUT2D eigenvalue weighted by atomic mass is 9.99. The molecule has 0 fully saturated rings. The molecule has 0 N–H and O–H groups in total. The summed E-state index contributed by atoms with van der Waals surface area (Å²) in [5, 5.41) is 9.66. The number of fused-ring (bicyclic) bond motifs is 12. The molecule has 0 aliphatic carbocycles. The maximum atomic E-state index is 5.42. The minimum atomic E-state index is 0.581. The van der Waals surface area contributed by atoms with Crippen LogP contribution in [0, 0.1) is 0 Å². The van der Waals surface area contributed by atoms with Gasteiger partial charge in [0.05, 0.1) is 49.8 Å². The first-order chi connectivity index (χ1) is 43.6. The van der Waals surface area contributed by atoms with Crippen LogP contribution >= 0.6 is 0 Å². The molecule has 0 radical (unpaired) electrons. The summed E-state index contributed by atoms with van der Waals surface area (Å²) < 4.78 is 9.56. The first-order valence-corrected chi connectivity index (χ1v) is 29.9. The number of nitrogens with zero attached hydrogens (tertiary/aromatic N) is 7. The highest BCUT2D eigenvalue weighted by atomic mass is 15.0. The van der Waals surface area contributed by atoms with Gasteiger partial charge in [-0.1, -0.05) is 206 Å². The largest absolute Gasteiger partial charge is 0.309 e. The lowest BCUT2D eigenvalue weighted by Crippen LogP contribution is -2.03. The lowest BCUT2D eigenvalue weighted by molar-refractivity contribution is 1.07.